The molecular weight excluding hydrogens is 174 g/mol. The molecule has 0 saturated heterocycles. The Morgan fingerprint density at radius 3 is 2.67 bits per heavy atom. The van der Waals surface area contributed by atoms with Crippen molar-refractivity contribution >= 4 is 17.3 Å². The molecule has 0 aromatic heterocycles. The van der Waals surface area contributed by atoms with Crippen molar-refractivity contribution in [1.29, 1.82) is 0 Å². The zero-order chi connectivity index (χ0) is 9.14. The van der Waals surface area contributed by atoms with Crippen molar-refractivity contribution in [2.45, 2.75) is 13.0 Å². The SMILES string of the molecule is CC(NN)c1ccc(Cl)cc1N. The van der Waals surface area contributed by atoms with Crippen LogP contribution in [0.4, 0.5) is 5.69 Å². The van der Waals surface area contributed by atoms with Crippen molar-refractivity contribution in [1.82, 2.24) is 5.43 Å². The molecule has 0 heterocycles. The summed E-state index contributed by atoms with van der Waals surface area (Å²) in [6.07, 6.45) is 0. The number of anilines is 1. The van der Waals surface area contributed by atoms with Gasteiger partial charge in [-0.15, -0.1) is 0 Å². The second-order valence-corrected chi connectivity index (χ2v) is 3.10. The molecular formula is C8H12ClN3. The first-order valence-electron chi connectivity index (χ1n) is 3.66. The van der Waals surface area contributed by atoms with Gasteiger partial charge in [0.25, 0.3) is 0 Å². The van der Waals surface area contributed by atoms with Crippen LogP contribution in [0, 0.1) is 0 Å². The van der Waals surface area contributed by atoms with Crippen molar-refractivity contribution in [2.24, 2.45) is 5.84 Å². The Kier molecular flexibility index (Phi) is 2.92. The summed E-state index contributed by atoms with van der Waals surface area (Å²) in [5, 5.41) is 0.639. The zero-order valence-electron chi connectivity index (χ0n) is 6.84. The van der Waals surface area contributed by atoms with Crippen LogP contribution in [0.3, 0.4) is 0 Å². The summed E-state index contributed by atoms with van der Waals surface area (Å²) in [5.74, 6) is 5.27. The molecule has 12 heavy (non-hydrogen) atoms. The smallest absolute Gasteiger partial charge is 0.0452 e. The number of hydrogen-bond acceptors (Lipinski definition) is 3. The molecule has 4 heteroatoms. The maximum absolute atomic E-state index is 5.73. The molecule has 0 aliphatic rings. The van der Waals surface area contributed by atoms with E-state index in [1.807, 2.05) is 13.0 Å². The average Bonchev–Trinajstić information content (AvgIpc) is 2.03. The molecule has 1 atom stereocenters. The minimum absolute atomic E-state index is 0.0438. The summed E-state index contributed by atoms with van der Waals surface area (Å²) >= 11 is 5.73. The lowest BCUT2D eigenvalue weighted by molar-refractivity contribution is 0.604. The Balaban J connectivity index is 3.01. The van der Waals surface area contributed by atoms with Crippen LogP contribution in [0.5, 0.6) is 0 Å². The summed E-state index contributed by atoms with van der Waals surface area (Å²) < 4.78 is 0. The van der Waals surface area contributed by atoms with Crippen LogP contribution in [0.1, 0.15) is 18.5 Å². The maximum Gasteiger partial charge on any atom is 0.0452 e. The summed E-state index contributed by atoms with van der Waals surface area (Å²) in [4.78, 5) is 0. The van der Waals surface area contributed by atoms with Crippen LogP contribution >= 0.6 is 11.6 Å². The third kappa shape index (κ3) is 1.88. The van der Waals surface area contributed by atoms with E-state index in [1.165, 1.54) is 0 Å². The number of nitrogen functional groups attached to an aromatic ring is 1. The number of benzene rings is 1. The van der Waals surface area contributed by atoms with E-state index in [0.29, 0.717) is 10.7 Å². The number of halogens is 1. The highest BCUT2D eigenvalue weighted by molar-refractivity contribution is 6.30. The topological polar surface area (TPSA) is 64.1 Å². The fourth-order valence-corrected chi connectivity index (χ4v) is 1.21. The minimum atomic E-state index is 0.0438. The highest BCUT2D eigenvalue weighted by Gasteiger charge is 2.06. The van der Waals surface area contributed by atoms with Crippen LogP contribution in [0.2, 0.25) is 5.02 Å². The number of rotatable bonds is 2. The molecule has 5 N–H and O–H groups in total. The van der Waals surface area contributed by atoms with Gasteiger partial charge in [-0.25, -0.2) is 0 Å². The predicted octanol–water partition coefficient (Wildman–Crippen LogP) is 1.45. The van der Waals surface area contributed by atoms with Gasteiger partial charge in [-0.2, -0.15) is 0 Å². The van der Waals surface area contributed by atoms with Crippen molar-refractivity contribution in [3.63, 3.8) is 0 Å². The molecule has 0 bridgehead atoms. The first-order valence-corrected chi connectivity index (χ1v) is 4.04. The lowest BCUT2D eigenvalue weighted by Crippen LogP contribution is -2.26. The molecule has 0 fully saturated rings. The average molecular weight is 186 g/mol. The van der Waals surface area contributed by atoms with Crippen LogP contribution in [-0.4, -0.2) is 0 Å². The van der Waals surface area contributed by atoms with E-state index in [9.17, 15) is 0 Å². The van der Waals surface area contributed by atoms with E-state index in [4.69, 9.17) is 23.2 Å². The van der Waals surface area contributed by atoms with Gasteiger partial charge in [0, 0.05) is 16.8 Å². The van der Waals surface area contributed by atoms with Crippen molar-refractivity contribution in [3.8, 4) is 0 Å². The molecule has 1 aromatic carbocycles. The van der Waals surface area contributed by atoms with Gasteiger partial charge >= 0.3 is 0 Å². The van der Waals surface area contributed by atoms with Gasteiger partial charge in [0.05, 0.1) is 0 Å². The predicted molar refractivity (Wildman–Crippen MR) is 51.6 cm³/mol. The molecule has 1 rings (SSSR count). The normalized spacial score (nSPS) is 12.9. The lowest BCUT2D eigenvalue weighted by Gasteiger charge is -2.12. The van der Waals surface area contributed by atoms with Crippen LogP contribution < -0.4 is 17.0 Å². The Hall–Kier alpha value is -0.770. The van der Waals surface area contributed by atoms with Gasteiger partial charge in [-0.1, -0.05) is 17.7 Å². The largest absolute Gasteiger partial charge is 0.398 e. The van der Waals surface area contributed by atoms with Crippen LogP contribution in [-0.2, 0) is 0 Å². The summed E-state index contributed by atoms with van der Waals surface area (Å²) in [5.41, 5.74) is 9.96. The fraction of sp³-hybridized carbons (Fsp3) is 0.250. The second-order valence-electron chi connectivity index (χ2n) is 2.66. The molecule has 0 spiro atoms. The molecule has 0 amide bonds. The van der Waals surface area contributed by atoms with Gasteiger partial charge in [-0.3, -0.25) is 11.3 Å². The van der Waals surface area contributed by atoms with Gasteiger partial charge in [-0.05, 0) is 24.6 Å². The van der Waals surface area contributed by atoms with Crippen molar-refractivity contribution in [2.75, 3.05) is 5.73 Å². The second kappa shape index (κ2) is 3.76. The summed E-state index contributed by atoms with van der Waals surface area (Å²) in [6, 6.07) is 5.41. The monoisotopic (exact) mass is 185 g/mol. The third-order valence-electron chi connectivity index (χ3n) is 1.77. The fourth-order valence-electron chi connectivity index (χ4n) is 1.03. The molecule has 0 radical (unpaired) electrons. The number of nitrogens with one attached hydrogen (secondary N) is 1. The minimum Gasteiger partial charge on any atom is -0.398 e. The first kappa shape index (κ1) is 9.32. The van der Waals surface area contributed by atoms with Crippen LogP contribution in [0.25, 0.3) is 0 Å². The first-order chi connectivity index (χ1) is 5.65. The van der Waals surface area contributed by atoms with E-state index >= 15 is 0 Å². The third-order valence-corrected chi connectivity index (χ3v) is 2.00. The molecule has 0 saturated carbocycles. The van der Waals surface area contributed by atoms with Crippen LogP contribution in [0.15, 0.2) is 18.2 Å². The standard InChI is InChI=1S/C8H12ClN3/c1-5(12-11)7-3-2-6(9)4-8(7)10/h2-5,12H,10-11H2,1H3. The Morgan fingerprint density at radius 1 is 1.50 bits per heavy atom. The van der Waals surface area contributed by atoms with E-state index in [0.717, 1.165) is 5.56 Å². The Morgan fingerprint density at radius 2 is 2.17 bits per heavy atom. The highest BCUT2D eigenvalue weighted by Crippen LogP contribution is 2.22. The molecule has 0 aliphatic heterocycles. The summed E-state index contributed by atoms with van der Waals surface area (Å²) in [7, 11) is 0. The van der Waals surface area contributed by atoms with Crippen molar-refractivity contribution < 1.29 is 0 Å². The number of nitrogens with two attached hydrogens (primary N) is 2. The number of hydrogen-bond donors (Lipinski definition) is 3. The molecule has 0 aliphatic carbocycles. The van der Waals surface area contributed by atoms with Crippen molar-refractivity contribution in [3.05, 3.63) is 28.8 Å². The number of hydrazine groups is 1. The van der Waals surface area contributed by atoms with Gasteiger partial charge in [0.15, 0.2) is 0 Å². The molecule has 66 valence electrons. The van der Waals surface area contributed by atoms with Gasteiger partial charge in [0.2, 0.25) is 0 Å². The lowest BCUT2D eigenvalue weighted by atomic mass is 10.1. The molecule has 3 nitrogen and oxygen atoms in total. The molecule has 1 unspecified atom stereocenters. The van der Waals surface area contributed by atoms with E-state index < -0.39 is 0 Å². The molecule has 1 aromatic rings. The van der Waals surface area contributed by atoms with E-state index in [-0.39, 0.29) is 6.04 Å². The Labute approximate surface area is 76.7 Å². The van der Waals surface area contributed by atoms with E-state index in [2.05, 4.69) is 5.43 Å². The zero-order valence-corrected chi connectivity index (χ0v) is 7.60. The summed E-state index contributed by atoms with van der Waals surface area (Å²) in [6.45, 7) is 1.93. The Bertz CT molecular complexity index is 275. The van der Waals surface area contributed by atoms with Gasteiger partial charge in [0.1, 0.15) is 0 Å². The van der Waals surface area contributed by atoms with E-state index in [1.54, 1.807) is 12.1 Å². The maximum atomic E-state index is 5.73. The highest BCUT2D eigenvalue weighted by atomic mass is 35.5. The van der Waals surface area contributed by atoms with Gasteiger partial charge < -0.3 is 5.73 Å². The quantitative estimate of drug-likeness (QED) is 0.371.